The second-order valence-electron chi connectivity index (χ2n) is 37.7. The first kappa shape index (κ1) is 126. The molecule has 0 bridgehead atoms. The van der Waals surface area contributed by atoms with Crippen molar-refractivity contribution in [3.8, 4) is 0 Å². The number of hydrogen-bond donors (Lipinski definition) is 34. The summed E-state index contributed by atoms with van der Waals surface area (Å²) in [6.45, 7) is -2.00. The Morgan fingerprint density at radius 3 is 0.851 bits per heavy atom. The lowest BCUT2D eigenvalue weighted by Crippen LogP contribution is -2.71. The van der Waals surface area contributed by atoms with E-state index in [9.17, 15) is 172 Å². The Morgan fingerprint density at radius 1 is 0.284 bits per heavy atom. The molecule has 63 nitrogen and oxygen atoms in total. The van der Waals surface area contributed by atoms with E-state index in [1.807, 2.05) is 0 Å². The van der Waals surface area contributed by atoms with Crippen LogP contribution in [0.1, 0.15) is 68.2 Å². The molecule has 4 amide bonds. The summed E-state index contributed by atoms with van der Waals surface area (Å²) in [5, 5.41) is 349. The molecule has 0 aromatic carbocycles. The van der Waals surface area contributed by atoms with Gasteiger partial charge in [0.15, 0.2) is 62.9 Å². The summed E-state index contributed by atoms with van der Waals surface area (Å²) in [6.07, 6.45) is -103. The fourth-order valence-corrected chi connectivity index (χ4v) is 19.3. The highest BCUT2D eigenvalue weighted by Gasteiger charge is 2.63. The van der Waals surface area contributed by atoms with Gasteiger partial charge >= 0.3 is 12.3 Å². The molecule has 11 rings (SSSR count). The van der Waals surface area contributed by atoms with Crippen molar-refractivity contribution in [1.82, 2.24) is 21.3 Å². The fourth-order valence-electron chi connectivity index (χ4n) is 19.3. The van der Waals surface area contributed by atoms with Gasteiger partial charge in [0.05, 0.1) is 109 Å². The zero-order valence-corrected chi connectivity index (χ0v) is 80.9. The molecule has 0 aromatic heterocycles. The highest BCUT2D eigenvalue weighted by atomic mass is 16.8. The molecule has 0 spiro atoms. The normalized spacial score (nSPS) is 45.8. The molecule has 0 saturated carbocycles. The van der Waals surface area contributed by atoms with Gasteiger partial charge in [-0.15, -0.1) is 0 Å². The van der Waals surface area contributed by atoms with Gasteiger partial charge in [-0.2, -0.15) is 19.2 Å². The maximum Gasteiger partial charge on any atom is 0.373 e. The third kappa shape index (κ3) is 29.7. The predicted molar refractivity (Wildman–Crippen MR) is 459 cm³/mol. The SMILES string of the molecule is CC(=O)NC1[C@H](O[C@@H]2C(CO)O[C@@H](C(C)C)C(NC(C)=O)[C@H]2O)OC(CO)C(O[C@@H]2OC(CO[C@H]3OC(CO)[C@@H](O)[C@H](O)C3O[C@@H]3OC(CO)[C@@H](O[C@@H]4OC(CO)[C@H](O)[C@H](O[C@@H]5C[C@@H](O)[C@@H](C)C([C@H](O)[C@H](O)CO)O5)C4O)[C@H](O)C3NC(C)=O)[C@@H](O)[C@H](O[C@H]3O[C@@H](CO)[C@@H](O)C(O)C3O[C@@H]3OC(CO)[C@@H](O[C@@H]4OC(CO)[C@H](O)[C@H](O[C@@H]5C[C@@H](O)[C@@H](C)C([C@H](O)[C@H](O)CO)O5)C4O)[C@H](O)C3NC(C)=O)C2O)[C@@H]1O.O=C=O.O=C=O. The van der Waals surface area contributed by atoms with Crippen molar-refractivity contribution in [2.24, 2.45) is 17.8 Å². The lowest BCUT2D eigenvalue weighted by atomic mass is 9.87. The number of nitrogens with one attached hydrogen (secondary N) is 4. The van der Waals surface area contributed by atoms with Crippen LogP contribution in [0.2, 0.25) is 0 Å². The first-order valence-corrected chi connectivity index (χ1v) is 47.5. The number of ether oxygens (including phenoxy) is 21. The second kappa shape index (κ2) is 57.5. The van der Waals surface area contributed by atoms with Gasteiger partial charge in [0.2, 0.25) is 23.6 Å². The molecule has 11 heterocycles. The van der Waals surface area contributed by atoms with Gasteiger partial charge in [-0.3, -0.25) is 19.2 Å². The molecule has 11 aliphatic rings. The summed E-state index contributed by atoms with van der Waals surface area (Å²) in [7, 11) is 0. The lowest BCUT2D eigenvalue weighted by Gasteiger charge is -2.51. The molecule has 0 radical (unpaired) electrons. The molecule has 11 fully saturated rings. The molecule has 11 saturated heterocycles. The van der Waals surface area contributed by atoms with E-state index in [2.05, 4.69) is 21.3 Å². The number of hydrogen-bond acceptors (Lipinski definition) is 59. The van der Waals surface area contributed by atoms with Gasteiger partial charge in [-0.25, -0.2) is 0 Å². The van der Waals surface area contributed by atoms with Crippen LogP contribution in [-0.2, 0) is 138 Å². The Labute approximate surface area is 841 Å². The van der Waals surface area contributed by atoms with E-state index in [4.69, 9.17) is 119 Å². The van der Waals surface area contributed by atoms with E-state index in [0.717, 1.165) is 27.7 Å². The number of carbonyl (C=O) groups excluding carboxylic acids is 8. The number of carbonyl (C=O) groups is 4. The number of rotatable bonds is 40. The van der Waals surface area contributed by atoms with Crippen molar-refractivity contribution >= 4 is 35.9 Å². The third-order valence-corrected chi connectivity index (χ3v) is 27.2. The topological polar surface area (TPSA) is 985 Å². The van der Waals surface area contributed by atoms with Gasteiger partial charge < -0.3 is 274 Å². The van der Waals surface area contributed by atoms with E-state index in [-0.39, 0.29) is 12.3 Å². The maximum absolute atomic E-state index is 13.3. The van der Waals surface area contributed by atoms with Gasteiger partial charge in [0.25, 0.3) is 0 Å². The molecule has 0 aromatic rings. The molecule has 21 unspecified atom stereocenters. The van der Waals surface area contributed by atoms with E-state index in [1.165, 1.54) is 13.8 Å². The minimum absolute atomic E-state index is 0.250. The standard InChI is InChI=1S/C83H142N4O55.2CO2/c1-22(2)64-44(84-25(5)98)55(113)67(37(17-94)123-64)136-76-45(85-26(6)99)56(114)70(38(18-95)128-76)139-81-63(121)73(140-83-75(60(118)51(109)34(14-91)127-83)142-78-47(87-28(8)101)58(116)69(40(20-97)130-78)138-80-62(120)72(53(111)36(16-93)125-80)135-43-10-30(103)24(4)66(133-43)49(107)32(105)12-89)54(112)41(131-81)21-122-82-74(59(117)50(108)33(13-90)126-82)141-77-46(86-27(7)100)57(115)68(39(19-96)129-77)137-79-61(119)71(52(110)35(15-92)124-79)134-42-9-29(102)23(3)65(132-42)48(106)31(104)11-88;2*2-1-3/h22-24,29-83,88-97,102-121H,9-21H2,1-8H3,(H,84,98)(H,85,99)(H,86,100)(H,87,101);;/t23-,24-,29-,30-,31-,32-,33?,34+,35?,36?,37?,38?,39?,40?,41?,42-,43-,44?,45?,46?,47?,48-,49-,50-,51-,52+,53+,54-,55-,56-,57-,58-,59+,60?,61?,62?,63?,64+,65?,66?,67-,68-,69-,70?,71+,72+,73+,74?,75?,76+,77+,78+,79+,80+,81+,82+,83-;;/m1../s1. The summed E-state index contributed by atoms with van der Waals surface area (Å²) in [6, 6.07) is -7.24. The van der Waals surface area contributed by atoms with Crippen molar-refractivity contribution in [2.45, 2.75) is 406 Å². The van der Waals surface area contributed by atoms with Crippen molar-refractivity contribution in [2.75, 3.05) is 72.7 Å². The zero-order valence-electron chi connectivity index (χ0n) is 80.9. The van der Waals surface area contributed by atoms with Gasteiger partial charge in [0, 0.05) is 52.4 Å². The van der Waals surface area contributed by atoms with Crippen LogP contribution in [0.4, 0.5) is 0 Å². The summed E-state index contributed by atoms with van der Waals surface area (Å²) >= 11 is 0. The number of aliphatic hydroxyl groups is 30. The smallest absolute Gasteiger partial charge is 0.373 e. The highest BCUT2D eigenvalue weighted by molar-refractivity contribution is 5.74. The second-order valence-corrected chi connectivity index (χ2v) is 37.7. The van der Waals surface area contributed by atoms with Crippen LogP contribution in [0.5, 0.6) is 0 Å². The highest BCUT2D eigenvalue weighted by Crippen LogP contribution is 2.43. The summed E-state index contributed by atoms with van der Waals surface area (Å²) in [4.78, 5) is 84.9. The molecule has 63 heteroatoms. The molecule has 11 aliphatic heterocycles. The Bertz CT molecular complexity index is 4060. The van der Waals surface area contributed by atoms with Crippen LogP contribution in [0, 0.1) is 17.8 Å². The summed E-state index contributed by atoms with van der Waals surface area (Å²) in [5.74, 6) is -5.85. The summed E-state index contributed by atoms with van der Waals surface area (Å²) < 4.78 is 128. The molecular formula is C85H142N4O59. The van der Waals surface area contributed by atoms with E-state index < -0.39 is 464 Å². The first-order chi connectivity index (χ1) is 70.0. The van der Waals surface area contributed by atoms with Crippen molar-refractivity contribution in [1.29, 1.82) is 0 Å². The van der Waals surface area contributed by atoms with E-state index in [1.54, 1.807) is 13.8 Å². The monoisotopic (exact) mass is 2160 g/mol. The van der Waals surface area contributed by atoms with Crippen molar-refractivity contribution < 1.29 is 291 Å². The quantitative estimate of drug-likeness (QED) is 0.0271. The number of amides is 4. The third-order valence-electron chi connectivity index (χ3n) is 27.2. The predicted octanol–water partition coefficient (Wildman–Crippen LogP) is -21.8. The Balaban J connectivity index is 0.00000396. The molecule has 0 aliphatic carbocycles. The van der Waals surface area contributed by atoms with Crippen molar-refractivity contribution in [3.05, 3.63) is 0 Å². The minimum atomic E-state index is -2.63. The Kier molecular flexibility index (Phi) is 49.0. The molecular weight excluding hydrogens is 2020 g/mol. The van der Waals surface area contributed by atoms with Gasteiger partial charge in [-0.1, -0.05) is 27.7 Å². The van der Waals surface area contributed by atoms with E-state index in [0.29, 0.717) is 0 Å². The average molecular weight is 2160 g/mol. The van der Waals surface area contributed by atoms with Gasteiger partial charge in [-0.05, 0) is 5.92 Å². The lowest BCUT2D eigenvalue weighted by molar-refractivity contribution is -0.399. The molecule has 148 heavy (non-hydrogen) atoms. The summed E-state index contributed by atoms with van der Waals surface area (Å²) in [5.41, 5.74) is 0. The molecule has 57 atom stereocenters. The van der Waals surface area contributed by atoms with Crippen LogP contribution >= 0.6 is 0 Å². The van der Waals surface area contributed by atoms with Crippen LogP contribution in [0.3, 0.4) is 0 Å². The molecule has 856 valence electrons. The maximum atomic E-state index is 13.3. The Morgan fingerprint density at radius 2 is 0.534 bits per heavy atom. The first-order valence-electron chi connectivity index (χ1n) is 47.5. The molecule has 34 N–H and O–H groups in total. The van der Waals surface area contributed by atoms with E-state index >= 15 is 0 Å². The van der Waals surface area contributed by atoms with Crippen molar-refractivity contribution in [3.63, 3.8) is 0 Å². The average Bonchev–Trinajstić information content (AvgIpc) is 0.764. The largest absolute Gasteiger partial charge is 0.394 e. The number of aliphatic hydroxyl groups excluding tert-OH is 30. The van der Waals surface area contributed by atoms with Crippen LogP contribution in [0.25, 0.3) is 0 Å². The van der Waals surface area contributed by atoms with Crippen LogP contribution < -0.4 is 21.3 Å². The fraction of sp³-hybridized carbons (Fsp3) is 0.929. The zero-order chi connectivity index (χ0) is 110. The van der Waals surface area contributed by atoms with Crippen LogP contribution in [-0.4, -0.2) is 599 Å². The van der Waals surface area contributed by atoms with Gasteiger partial charge in [0.1, 0.15) is 238 Å². The van der Waals surface area contributed by atoms with Crippen LogP contribution in [0.15, 0.2) is 0 Å². The minimum Gasteiger partial charge on any atom is -0.394 e. The Hall–Kier alpha value is -5.40.